The lowest BCUT2D eigenvalue weighted by molar-refractivity contribution is 0.734. The zero-order valence-electron chi connectivity index (χ0n) is 17.0. The number of nitrogens with two attached hydrogens (primary N) is 1. The van der Waals surface area contributed by atoms with E-state index in [0.29, 0.717) is 5.92 Å². The van der Waals surface area contributed by atoms with E-state index in [4.69, 9.17) is 5.73 Å². The molecule has 1 atom stereocenters. The smallest absolute Gasteiger partial charge is 0.0497 e. The van der Waals surface area contributed by atoms with E-state index < -0.39 is 0 Å². The molecule has 0 aliphatic carbocycles. The van der Waals surface area contributed by atoms with Crippen molar-refractivity contribution < 1.29 is 0 Å². The molecule has 0 spiro atoms. The Labute approximate surface area is 167 Å². The molecule has 3 N–H and O–H groups in total. The summed E-state index contributed by atoms with van der Waals surface area (Å²) in [6.07, 6.45) is 4.41. The maximum absolute atomic E-state index is 5.77. The molecule has 0 saturated heterocycles. The van der Waals surface area contributed by atoms with Gasteiger partial charge in [-0.05, 0) is 83.8 Å². The van der Waals surface area contributed by atoms with Gasteiger partial charge < -0.3 is 10.7 Å². The van der Waals surface area contributed by atoms with Crippen molar-refractivity contribution in [3.63, 3.8) is 0 Å². The molecule has 0 amide bonds. The molecule has 0 fully saturated rings. The monoisotopic (exact) mass is 370 g/mol. The number of hydrogen-bond acceptors (Lipinski definition) is 1. The summed E-state index contributed by atoms with van der Waals surface area (Å²) in [6.45, 7) is 5.33. The molecule has 144 valence electrons. The molecular formula is C26H30N2. The van der Waals surface area contributed by atoms with Gasteiger partial charge >= 0.3 is 0 Å². The fourth-order valence-corrected chi connectivity index (χ4v) is 4.10. The number of hydrogen-bond donors (Lipinski definition) is 2. The highest BCUT2D eigenvalue weighted by atomic mass is 14.7. The van der Waals surface area contributed by atoms with Crippen LogP contribution in [-0.2, 0) is 6.42 Å². The number of aryl methyl sites for hydroxylation is 1. The van der Waals surface area contributed by atoms with Crippen LogP contribution in [0.1, 0.15) is 50.2 Å². The molecule has 0 saturated carbocycles. The molecule has 1 aromatic heterocycles. The zero-order valence-corrected chi connectivity index (χ0v) is 17.0. The number of unbranched alkanes of at least 4 members (excludes halogenated alkanes) is 1. The predicted octanol–water partition coefficient (Wildman–Crippen LogP) is 6.78. The number of fused-ring (bicyclic) bond motifs is 2. The highest BCUT2D eigenvalue weighted by molar-refractivity contribution is 5.94. The highest BCUT2D eigenvalue weighted by Crippen LogP contribution is 2.35. The lowest BCUT2D eigenvalue weighted by Gasteiger charge is -2.10. The predicted molar refractivity (Wildman–Crippen MR) is 122 cm³/mol. The summed E-state index contributed by atoms with van der Waals surface area (Å²) in [5.41, 5.74) is 12.4. The van der Waals surface area contributed by atoms with Crippen LogP contribution in [0.3, 0.4) is 0 Å². The Balaban J connectivity index is 1.86. The Bertz CT molecular complexity index is 1090. The van der Waals surface area contributed by atoms with E-state index in [1.54, 1.807) is 0 Å². The lowest BCUT2D eigenvalue weighted by atomic mass is 9.94. The van der Waals surface area contributed by atoms with Crippen LogP contribution < -0.4 is 5.73 Å². The molecular weight excluding hydrogens is 340 g/mol. The summed E-state index contributed by atoms with van der Waals surface area (Å²) in [5, 5.41) is 3.94. The molecule has 2 heteroatoms. The van der Waals surface area contributed by atoms with Crippen molar-refractivity contribution in [2.75, 3.05) is 6.54 Å². The van der Waals surface area contributed by atoms with Crippen molar-refractivity contribution in [2.24, 2.45) is 5.73 Å². The molecule has 0 bridgehead atoms. The minimum absolute atomic E-state index is 0.584. The first kappa shape index (κ1) is 18.8. The van der Waals surface area contributed by atoms with Gasteiger partial charge in [0.05, 0.1) is 0 Å². The normalized spacial score (nSPS) is 12.7. The van der Waals surface area contributed by atoms with Crippen LogP contribution in [0.5, 0.6) is 0 Å². The van der Waals surface area contributed by atoms with Crippen molar-refractivity contribution in [1.82, 2.24) is 4.98 Å². The second-order valence-corrected chi connectivity index (χ2v) is 7.90. The molecule has 0 aliphatic rings. The van der Waals surface area contributed by atoms with Gasteiger partial charge in [0.25, 0.3) is 0 Å². The second kappa shape index (κ2) is 8.20. The number of rotatable bonds is 7. The number of aromatic amines is 1. The summed E-state index contributed by atoms with van der Waals surface area (Å²) in [4.78, 5) is 3.73. The Hall–Kier alpha value is -2.58. The molecule has 1 unspecified atom stereocenters. The van der Waals surface area contributed by atoms with Gasteiger partial charge in [0.15, 0.2) is 0 Å². The van der Waals surface area contributed by atoms with E-state index in [1.807, 2.05) is 0 Å². The Morgan fingerprint density at radius 3 is 2.54 bits per heavy atom. The topological polar surface area (TPSA) is 41.8 Å². The standard InChI is InChI=1S/C26H30N2/c1-3-18(2)20-13-14-25-24(17-20)23(10-6-7-15-27)26(28-25)22-12-11-19-8-4-5-9-21(19)16-22/h4-5,8-9,11-14,16-18,28H,3,6-7,10,15,27H2,1-2H3. The van der Waals surface area contributed by atoms with Gasteiger partial charge in [-0.1, -0.05) is 56.3 Å². The Morgan fingerprint density at radius 2 is 1.75 bits per heavy atom. The largest absolute Gasteiger partial charge is 0.354 e. The first-order chi connectivity index (χ1) is 13.7. The summed E-state index contributed by atoms with van der Waals surface area (Å²) >= 11 is 0. The van der Waals surface area contributed by atoms with Crippen LogP contribution in [-0.4, -0.2) is 11.5 Å². The molecule has 0 radical (unpaired) electrons. The van der Waals surface area contributed by atoms with Crippen LogP contribution in [0, 0.1) is 0 Å². The molecule has 4 rings (SSSR count). The first-order valence-corrected chi connectivity index (χ1v) is 10.5. The SMILES string of the molecule is CCC(C)c1ccc2[nH]c(-c3ccc4ccccc4c3)c(CCCCN)c2c1. The van der Waals surface area contributed by atoms with E-state index in [9.17, 15) is 0 Å². The first-order valence-electron chi connectivity index (χ1n) is 10.5. The fraction of sp³-hybridized carbons (Fsp3) is 0.308. The third-order valence-electron chi connectivity index (χ3n) is 6.03. The van der Waals surface area contributed by atoms with Crippen LogP contribution in [0.2, 0.25) is 0 Å². The average molecular weight is 371 g/mol. The number of nitrogens with one attached hydrogen (secondary N) is 1. The van der Waals surface area contributed by atoms with Crippen LogP contribution >= 0.6 is 0 Å². The molecule has 0 aliphatic heterocycles. The molecule has 4 aromatic rings. The lowest BCUT2D eigenvalue weighted by Crippen LogP contribution is -1.99. The van der Waals surface area contributed by atoms with Crippen molar-refractivity contribution in [3.8, 4) is 11.3 Å². The number of aromatic nitrogens is 1. The maximum Gasteiger partial charge on any atom is 0.0497 e. The minimum atomic E-state index is 0.584. The maximum atomic E-state index is 5.77. The summed E-state index contributed by atoms with van der Waals surface area (Å²) in [6, 6.07) is 22.3. The third kappa shape index (κ3) is 3.57. The number of H-pyrrole nitrogens is 1. The molecule has 1 heterocycles. The van der Waals surface area contributed by atoms with Crippen LogP contribution in [0.15, 0.2) is 60.7 Å². The van der Waals surface area contributed by atoms with Gasteiger partial charge in [0, 0.05) is 16.6 Å². The third-order valence-corrected chi connectivity index (χ3v) is 6.03. The minimum Gasteiger partial charge on any atom is -0.354 e. The molecule has 3 aromatic carbocycles. The van der Waals surface area contributed by atoms with Gasteiger partial charge in [-0.3, -0.25) is 0 Å². The van der Waals surface area contributed by atoms with Gasteiger partial charge in [-0.2, -0.15) is 0 Å². The summed E-state index contributed by atoms with van der Waals surface area (Å²) < 4.78 is 0. The Morgan fingerprint density at radius 1 is 0.929 bits per heavy atom. The van der Waals surface area contributed by atoms with Crippen molar-refractivity contribution in [1.29, 1.82) is 0 Å². The van der Waals surface area contributed by atoms with Gasteiger partial charge in [-0.25, -0.2) is 0 Å². The highest BCUT2D eigenvalue weighted by Gasteiger charge is 2.15. The van der Waals surface area contributed by atoms with Gasteiger partial charge in [-0.15, -0.1) is 0 Å². The van der Waals surface area contributed by atoms with E-state index in [0.717, 1.165) is 32.2 Å². The van der Waals surface area contributed by atoms with E-state index in [2.05, 4.69) is 79.5 Å². The summed E-state index contributed by atoms with van der Waals surface area (Å²) in [5.74, 6) is 0.584. The van der Waals surface area contributed by atoms with E-state index in [-0.39, 0.29) is 0 Å². The molecule has 2 nitrogen and oxygen atoms in total. The van der Waals surface area contributed by atoms with Crippen molar-refractivity contribution in [2.45, 2.75) is 45.4 Å². The molecule has 28 heavy (non-hydrogen) atoms. The van der Waals surface area contributed by atoms with Crippen LogP contribution in [0.4, 0.5) is 0 Å². The van der Waals surface area contributed by atoms with E-state index in [1.165, 1.54) is 44.1 Å². The Kier molecular flexibility index (Phi) is 5.50. The fourth-order valence-electron chi connectivity index (χ4n) is 4.10. The van der Waals surface area contributed by atoms with E-state index >= 15 is 0 Å². The quantitative estimate of drug-likeness (QED) is 0.346. The van der Waals surface area contributed by atoms with Crippen LogP contribution in [0.25, 0.3) is 32.9 Å². The zero-order chi connectivity index (χ0) is 19.5. The van der Waals surface area contributed by atoms with Crippen molar-refractivity contribution in [3.05, 3.63) is 71.8 Å². The van der Waals surface area contributed by atoms with Gasteiger partial charge in [0.2, 0.25) is 0 Å². The van der Waals surface area contributed by atoms with Gasteiger partial charge in [0.1, 0.15) is 0 Å². The summed E-state index contributed by atoms with van der Waals surface area (Å²) in [7, 11) is 0. The number of benzene rings is 3. The second-order valence-electron chi connectivity index (χ2n) is 7.90. The van der Waals surface area contributed by atoms with Crippen molar-refractivity contribution >= 4 is 21.7 Å². The average Bonchev–Trinajstić information content (AvgIpc) is 3.11.